The van der Waals surface area contributed by atoms with Crippen molar-refractivity contribution in [3.8, 4) is 11.3 Å². The lowest BCUT2D eigenvalue weighted by Crippen LogP contribution is -2.18. The summed E-state index contributed by atoms with van der Waals surface area (Å²) in [6.07, 6.45) is 1.80. The van der Waals surface area contributed by atoms with Crippen LogP contribution in [0.15, 0.2) is 42.6 Å². The lowest BCUT2D eigenvalue weighted by Gasteiger charge is -2.11. The van der Waals surface area contributed by atoms with Crippen LogP contribution in [0.3, 0.4) is 0 Å². The van der Waals surface area contributed by atoms with Gasteiger partial charge in [0.15, 0.2) is 23.1 Å². The van der Waals surface area contributed by atoms with Crippen molar-refractivity contribution in [2.24, 2.45) is 0 Å². The van der Waals surface area contributed by atoms with Crippen molar-refractivity contribution in [2.45, 2.75) is 13.3 Å². The Balaban J connectivity index is 1.65. The van der Waals surface area contributed by atoms with Crippen molar-refractivity contribution in [2.75, 3.05) is 15.8 Å². The third-order valence-electron chi connectivity index (χ3n) is 4.81. The van der Waals surface area contributed by atoms with E-state index in [1.54, 1.807) is 6.92 Å². The third kappa shape index (κ3) is 4.62. The summed E-state index contributed by atoms with van der Waals surface area (Å²) in [5.41, 5.74) is -0.259. The maximum Gasteiger partial charge on any atom is 0.261 e. The zero-order chi connectivity index (χ0) is 24.4. The SMILES string of the molecule is CCCS(=O)Nc1ccc(F)c(C(=O)Nc2cnc3n[nH]c(-c4ccc(F)c(F)c4)c3c2)c1F. The number of amides is 1. The lowest BCUT2D eigenvalue weighted by molar-refractivity contribution is 0.101. The summed E-state index contributed by atoms with van der Waals surface area (Å²) in [6, 6.07) is 6.64. The minimum atomic E-state index is -1.60. The van der Waals surface area contributed by atoms with Crippen LogP contribution in [-0.2, 0) is 11.0 Å². The number of anilines is 2. The van der Waals surface area contributed by atoms with E-state index in [1.807, 2.05) is 0 Å². The van der Waals surface area contributed by atoms with E-state index in [9.17, 15) is 26.6 Å². The van der Waals surface area contributed by atoms with E-state index in [-0.39, 0.29) is 28.3 Å². The van der Waals surface area contributed by atoms with Gasteiger partial charge in [-0.3, -0.25) is 9.89 Å². The minimum Gasteiger partial charge on any atom is -0.320 e. The van der Waals surface area contributed by atoms with Gasteiger partial charge in [-0.25, -0.2) is 26.8 Å². The van der Waals surface area contributed by atoms with Crippen LogP contribution in [0.5, 0.6) is 0 Å². The summed E-state index contributed by atoms with van der Waals surface area (Å²) in [7, 11) is -1.60. The number of H-pyrrole nitrogens is 1. The molecule has 0 spiro atoms. The molecule has 7 nitrogen and oxygen atoms in total. The molecule has 3 N–H and O–H groups in total. The first kappa shape index (κ1) is 23.4. The normalized spacial score (nSPS) is 12.0. The molecule has 0 saturated carbocycles. The molecule has 12 heteroatoms. The van der Waals surface area contributed by atoms with Gasteiger partial charge in [-0.05, 0) is 42.8 Å². The Morgan fingerprint density at radius 1 is 1.06 bits per heavy atom. The van der Waals surface area contributed by atoms with Crippen LogP contribution in [0.2, 0.25) is 0 Å². The van der Waals surface area contributed by atoms with Gasteiger partial charge >= 0.3 is 0 Å². The first-order valence-electron chi connectivity index (χ1n) is 10.0. The fourth-order valence-electron chi connectivity index (χ4n) is 3.23. The second-order valence-corrected chi connectivity index (χ2v) is 8.52. The van der Waals surface area contributed by atoms with E-state index >= 15 is 0 Å². The highest BCUT2D eigenvalue weighted by Crippen LogP contribution is 2.29. The molecule has 176 valence electrons. The van der Waals surface area contributed by atoms with Crippen LogP contribution in [-0.4, -0.2) is 31.1 Å². The Morgan fingerprint density at radius 3 is 2.56 bits per heavy atom. The van der Waals surface area contributed by atoms with Gasteiger partial charge in [0.05, 0.1) is 23.3 Å². The van der Waals surface area contributed by atoms with Gasteiger partial charge in [-0.1, -0.05) is 6.92 Å². The highest BCUT2D eigenvalue weighted by molar-refractivity contribution is 7.86. The van der Waals surface area contributed by atoms with Crippen LogP contribution < -0.4 is 10.0 Å². The van der Waals surface area contributed by atoms with Crippen molar-refractivity contribution in [3.63, 3.8) is 0 Å². The van der Waals surface area contributed by atoms with E-state index < -0.39 is 45.7 Å². The van der Waals surface area contributed by atoms with E-state index in [2.05, 4.69) is 25.2 Å². The van der Waals surface area contributed by atoms with Crippen LogP contribution in [0.4, 0.5) is 28.9 Å². The van der Waals surface area contributed by atoms with Crippen molar-refractivity contribution < 1.29 is 26.6 Å². The Kier molecular flexibility index (Phi) is 6.59. The standard InChI is InChI=1S/C22H17F4N5O2S/c1-2-7-34(33)31-17-6-5-15(24)18(19(17)26)22(32)28-12-9-13-20(29-30-21(13)27-10-12)11-3-4-14(23)16(25)8-11/h3-6,8-10,31H,2,7H2,1H3,(H,28,32)(H,27,29,30). The van der Waals surface area contributed by atoms with Gasteiger partial charge in [-0.15, -0.1) is 0 Å². The molecule has 0 aliphatic carbocycles. The van der Waals surface area contributed by atoms with Crippen molar-refractivity contribution >= 4 is 39.3 Å². The fourth-order valence-corrected chi connectivity index (χ4v) is 4.11. The molecule has 2 aromatic heterocycles. The molecule has 1 amide bonds. The molecule has 2 aromatic carbocycles. The van der Waals surface area contributed by atoms with Gasteiger partial charge in [0.25, 0.3) is 5.91 Å². The fraction of sp³-hybridized carbons (Fsp3) is 0.136. The predicted molar refractivity (Wildman–Crippen MR) is 120 cm³/mol. The van der Waals surface area contributed by atoms with E-state index in [4.69, 9.17) is 0 Å². The van der Waals surface area contributed by atoms with Crippen LogP contribution in [0.25, 0.3) is 22.3 Å². The Bertz CT molecular complexity index is 1430. The molecule has 1 atom stereocenters. The lowest BCUT2D eigenvalue weighted by atomic mass is 10.1. The summed E-state index contributed by atoms with van der Waals surface area (Å²) in [5, 5.41) is 9.38. The van der Waals surface area contributed by atoms with Crippen LogP contribution in [0.1, 0.15) is 23.7 Å². The highest BCUT2D eigenvalue weighted by Gasteiger charge is 2.22. The summed E-state index contributed by atoms with van der Waals surface area (Å²) in [5.74, 6) is -5.23. The number of aromatic nitrogens is 3. The van der Waals surface area contributed by atoms with Crippen molar-refractivity contribution in [1.82, 2.24) is 15.2 Å². The maximum atomic E-state index is 14.9. The zero-order valence-corrected chi connectivity index (χ0v) is 18.4. The molecule has 0 radical (unpaired) electrons. The molecule has 2 heterocycles. The number of fused-ring (bicyclic) bond motifs is 1. The minimum absolute atomic E-state index is 0.0782. The summed E-state index contributed by atoms with van der Waals surface area (Å²) in [6.45, 7) is 1.79. The van der Waals surface area contributed by atoms with Crippen LogP contribution in [0, 0.1) is 23.3 Å². The first-order chi connectivity index (χ1) is 16.3. The van der Waals surface area contributed by atoms with E-state index in [0.29, 0.717) is 17.5 Å². The number of carbonyl (C=O) groups excluding carboxylic acids is 1. The monoisotopic (exact) mass is 491 g/mol. The highest BCUT2D eigenvalue weighted by atomic mass is 32.2. The Labute approximate surface area is 193 Å². The molecule has 4 rings (SSSR count). The van der Waals surface area contributed by atoms with Gasteiger partial charge in [0, 0.05) is 16.7 Å². The number of nitrogens with zero attached hydrogens (tertiary/aromatic N) is 2. The molecule has 0 saturated heterocycles. The largest absolute Gasteiger partial charge is 0.320 e. The topological polar surface area (TPSA) is 99.8 Å². The zero-order valence-electron chi connectivity index (χ0n) is 17.6. The number of hydrogen-bond donors (Lipinski definition) is 3. The number of aromatic amines is 1. The first-order valence-corrected chi connectivity index (χ1v) is 11.3. The number of benzene rings is 2. The average Bonchev–Trinajstić information content (AvgIpc) is 3.21. The van der Waals surface area contributed by atoms with Gasteiger partial charge in [0.2, 0.25) is 0 Å². The molecule has 1 unspecified atom stereocenters. The molecule has 4 aromatic rings. The van der Waals surface area contributed by atoms with E-state index in [1.165, 1.54) is 18.3 Å². The Hall–Kier alpha value is -3.80. The second-order valence-electron chi connectivity index (χ2n) is 7.21. The number of halogens is 4. The molecule has 0 aliphatic rings. The predicted octanol–water partition coefficient (Wildman–Crippen LogP) is 4.92. The Morgan fingerprint density at radius 2 is 1.82 bits per heavy atom. The molecule has 0 bridgehead atoms. The summed E-state index contributed by atoms with van der Waals surface area (Å²) in [4.78, 5) is 16.8. The molecule has 34 heavy (non-hydrogen) atoms. The maximum absolute atomic E-state index is 14.9. The quantitative estimate of drug-likeness (QED) is 0.320. The third-order valence-corrected chi connectivity index (χ3v) is 6.03. The molecule has 0 aliphatic heterocycles. The van der Waals surface area contributed by atoms with Crippen molar-refractivity contribution in [1.29, 1.82) is 0 Å². The number of hydrogen-bond acceptors (Lipinski definition) is 4. The van der Waals surface area contributed by atoms with Gasteiger partial charge in [-0.2, -0.15) is 5.10 Å². The van der Waals surface area contributed by atoms with Crippen LogP contribution >= 0.6 is 0 Å². The van der Waals surface area contributed by atoms with Gasteiger partial charge in [0.1, 0.15) is 22.4 Å². The average molecular weight is 491 g/mol. The van der Waals surface area contributed by atoms with E-state index in [0.717, 1.165) is 24.3 Å². The summed E-state index contributed by atoms with van der Waals surface area (Å²) >= 11 is 0. The van der Waals surface area contributed by atoms with Crippen molar-refractivity contribution in [3.05, 3.63) is 71.4 Å². The summed E-state index contributed by atoms with van der Waals surface area (Å²) < 4.78 is 70.4. The number of rotatable bonds is 7. The smallest absolute Gasteiger partial charge is 0.261 e. The molecular weight excluding hydrogens is 474 g/mol. The van der Waals surface area contributed by atoms with Gasteiger partial charge < -0.3 is 10.0 Å². The molecular formula is C22H17F4N5O2S. The molecule has 0 fully saturated rings. The number of nitrogens with one attached hydrogen (secondary N) is 3. The second kappa shape index (κ2) is 9.59. The number of pyridine rings is 1. The number of carbonyl (C=O) groups is 1.